The molecule has 80 valence electrons. The molecule has 0 radical (unpaired) electrons. The van der Waals surface area contributed by atoms with Gasteiger partial charge < -0.3 is 11.5 Å². The van der Waals surface area contributed by atoms with Crippen LogP contribution < -0.4 is 15.8 Å². The first kappa shape index (κ1) is 9.78. The van der Waals surface area contributed by atoms with Crippen molar-refractivity contribution in [2.75, 3.05) is 17.1 Å². The molecule has 15 heavy (non-hydrogen) atoms. The van der Waals surface area contributed by atoms with E-state index in [9.17, 15) is 8.42 Å². The van der Waals surface area contributed by atoms with Gasteiger partial charge in [0, 0.05) is 12.7 Å². The normalized spacial score (nSPS) is 18.2. The molecular weight excluding hydrogens is 216 g/mol. The fourth-order valence-electron chi connectivity index (χ4n) is 1.45. The zero-order valence-corrected chi connectivity index (χ0v) is 8.82. The van der Waals surface area contributed by atoms with Crippen LogP contribution in [0.4, 0.5) is 11.4 Å². The maximum absolute atomic E-state index is 11.5. The van der Waals surface area contributed by atoms with Gasteiger partial charge in [-0.15, -0.1) is 4.40 Å². The topological polar surface area (TPSA) is 102 Å². The van der Waals surface area contributed by atoms with E-state index in [1.54, 1.807) is 18.2 Å². The Labute approximate surface area is 87.4 Å². The van der Waals surface area contributed by atoms with Crippen LogP contribution in [0.15, 0.2) is 22.6 Å². The number of nitrogen functional groups attached to an aromatic ring is 1. The summed E-state index contributed by atoms with van der Waals surface area (Å²) >= 11 is 0. The Hall–Kier alpha value is -1.76. The highest BCUT2D eigenvalue weighted by atomic mass is 32.2. The Bertz CT molecular complexity index is 550. The van der Waals surface area contributed by atoms with E-state index in [2.05, 4.69) is 4.40 Å². The Morgan fingerprint density at radius 3 is 2.67 bits per heavy atom. The highest BCUT2D eigenvalue weighted by Gasteiger charge is 2.28. The van der Waals surface area contributed by atoms with Crippen molar-refractivity contribution in [1.29, 1.82) is 0 Å². The molecule has 0 spiro atoms. The molecule has 0 unspecified atom stereocenters. The number of hydrogen-bond acceptors (Lipinski definition) is 4. The molecule has 0 aliphatic carbocycles. The predicted octanol–water partition coefficient (Wildman–Crippen LogP) is -0.331. The molecule has 1 aliphatic heterocycles. The van der Waals surface area contributed by atoms with Crippen LogP contribution in [-0.2, 0) is 10.2 Å². The Kier molecular flexibility index (Phi) is 1.87. The van der Waals surface area contributed by atoms with Gasteiger partial charge in [0.25, 0.3) is 0 Å². The van der Waals surface area contributed by atoms with Crippen molar-refractivity contribution in [2.24, 2.45) is 10.1 Å². The summed E-state index contributed by atoms with van der Waals surface area (Å²) in [7, 11) is -2.29. The number of anilines is 2. The molecule has 1 aliphatic rings. The minimum absolute atomic E-state index is 0.0683. The van der Waals surface area contributed by atoms with Gasteiger partial charge in [0.05, 0.1) is 11.3 Å². The molecule has 0 saturated carbocycles. The minimum atomic E-state index is -3.70. The van der Waals surface area contributed by atoms with E-state index in [1.165, 1.54) is 7.05 Å². The number of amidine groups is 1. The van der Waals surface area contributed by atoms with Crippen LogP contribution >= 0.6 is 0 Å². The third kappa shape index (κ3) is 1.32. The molecule has 0 fully saturated rings. The molecule has 0 aromatic heterocycles. The first-order chi connectivity index (χ1) is 6.93. The number of nitrogens with two attached hydrogens (primary N) is 2. The predicted molar refractivity (Wildman–Crippen MR) is 58.9 cm³/mol. The number of rotatable bonds is 0. The number of fused-ring (bicyclic) bond motifs is 1. The summed E-state index contributed by atoms with van der Waals surface area (Å²) in [4.78, 5) is 0. The van der Waals surface area contributed by atoms with Crippen LogP contribution in [0.3, 0.4) is 0 Å². The molecule has 0 amide bonds. The van der Waals surface area contributed by atoms with E-state index in [0.717, 1.165) is 4.31 Å². The van der Waals surface area contributed by atoms with Gasteiger partial charge in [0.15, 0.2) is 0 Å². The summed E-state index contributed by atoms with van der Waals surface area (Å²) in [6.45, 7) is 0. The molecule has 1 heterocycles. The molecule has 6 nitrogen and oxygen atoms in total. The molecule has 4 N–H and O–H groups in total. The maximum Gasteiger partial charge on any atom is 0.346 e. The van der Waals surface area contributed by atoms with Gasteiger partial charge in [-0.3, -0.25) is 4.31 Å². The average Bonchev–Trinajstić information content (AvgIpc) is 2.13. The van der Waals surface area contributed by atoms with Crippen molar-refractivity contribution in [3.05, 3.63) is 23.8 Å². The van der Waals surface area contributed by atoms with Crippen LogP contribution in [-0.4, -0.2) is 21.3 Å². The second-order valence-corrected chi connectivity index (χ2v) is 4.79. The molecule has 1 aromatic carbocycles. The van der Waals surface area contributed by atoms with E-state index in [4.69, 9.17) is 11.5 Å². The summed E-state index contributed by atoms with van der Waals surface area (Å²) in [5.74, 6) is -0.0683. The maximum atomic E-state index is 11.5. The lowest BCUT2D eigenvalue weighted by Gasteiger charge is -2.24. The zero-order chi connectivity index (χ0) is 11.2. The summed E-state index contributed by atoms with van der Waals surface area (Å²) in [6.07, 6.45) is 0. The summed E-state index contributed by atoms with van der Waals surface area (Å²) in [6, 6.07) is 4.94. The summed E-state index contributed by atoms with van der Waals surface area (Å²) in [5, 5.41) is 0. The fourth-order valence-corrected chi connectivity index (χ4v) is 2.32. The molecular formula is C8H10N4O2S. The standard InChI is InChI=1S/C8H10N4O2S/c1-12-6-4-2-3-5(9)7(6)8(10)11-15(12,13)14/h2-4H,9H2,1H3,(H2,10,11). The van der Waals surface area contributed by atoms with Gasteiger partial charge in [-0.25, -0.2) is 0 Å². The lowest BCUT2D eigenvalue weighted by molar-refractivity contribution is 0.595. The van der Waals surface area contributed by atoms with Gasteiger partial charge >= 0.3 is 10.2 Å². The third-order valence-corrected chi connectivity index (χ3v) is 3.55. The third-order valence-electron chi connectivity index (χ3n) is 2.23. The summed E-state index contributed by atoms with van der Waals surface area (Å²) < 4.78 is 27.4. The second kappa shape index (κ2) is 2.86. The number of benzene rings is 1. The quantitative estimate of drug-likeness (QED) is 0.591. The van der Waals surface area contributed by atoms with Crippen molar-refractivity contribution in [3.63, 3.8) is 0 Å². The van der Waals surface area contributed by atoms with Crippen molar-refractivity contribution in [2.45, 2.75) is 0 Å². The number of nitrogens with zero attached hydrogens (tertiary/aromatic N) is 2. The Morgan fingerprint density at radius 1 is 1.33 bits per heavy atom. The van der Waals surface area contributed by atoms with Crippen LogP contribution in [0.25, 0.3) is 0 Å². The molecule has 0 bridgehead atoms. The van der Waals surface area contributed by atoms with Crippen LogP contribution in [0, 0.1) is 0 Å². The smallest absolute Gasteiger partial charge is 0.346 e. The first-order valence-electron chi connectivity index (χ1n) is 4.16. The minimum Gasteiger partial charge on any atom is -0.398 e. The van der Waals surface area contributed by atoms with Crippen molar-refractivity contribution >= 4 is 27.4 Å². The largest absolute Gasteiger partial charge is 0.398 e. The molecule has 2 rings (SSSR count). The molecule has 0 saturated heterocycles. The van der Waals surface area contributed by atoms with Gasteiger partial charge in [0.1, 0.15) is 5.84 Å². The molecule has 7 heteroatoms. The molecule has 1 aromatic rings. The highest BCUT2D eigenvalue weighted by molar-refractivity contribution is 7.91. The lowest BCUT2D eigenvalue weighted by Crippen LogP contribution is -2.34. The van der Waals surface area contributed by atoms with Gasteiger partial charge in [-0.05, 0) is 12.1 Å². The zero-order valence-electron chi connectivity index (χ0n) is 8.01. The SMILES string of the molecule is CN1c2cccc(N)c2C(N)=NS1(=O)=O. The fraction of sp³-hybridized carbons (Fsp3) is 0.125. The number of hydrogen-bond donors (Lipinski definition) is 2. The van der Waals surface area contributed by atoms with Crippen LogP contribution in [0.2, 0.25) is 0 Å². The lowest BCUT2D eigenvalue weighted by atomic mass is 10.1. The van der Waals surface area contributed by atoms with E-state index in [0.29, 0.717) is 16.9 Å². The van der Waals surface area contributed by atoms with Crippen molar-refractivity contribution < 1.29 is 8.42 Å². The van der Waals surface area contributed by atoms with E-state index in [1.807, 2.05) is 0 Å². The Morgan fingerprint density at radius 2 is 2.00 bits per heavy atom. The average molecular weight is 226 g/mol. The highest BCUT2D eigenvalue weighted by Crippen LogP contribution is 2.30. The Balaban J connectivity index is 2.81. The van der Waals surface area contributed by atoms with Gasteiger partial charge in [-0.2, -0.15) is 8.42 Å². The van der Waals surface area contributed by atoms with E-state index in [-0.39, 0.29) is 5.84 Å². The van der Waals surface area contributed by atoms with Crippen LogP contribution in [0.1, 0.15) is 5.56 Å². The van der Waals surface area contributed by atoms with E-state index < -0.39 is 10.2 Å². The first-order valence-corrected chi connectivity index (χ1v) is 5.56. The monoisotopic (exact) mass is 226 g/mol. The summed E-state index contributed by atoms with van der Waals surface area (Å²) in [5.41, 5.74) is 12.6. The van der Waals surface area contributed by atoms with E-state index >= 15 is 0 Å². The van der Waals surface area contributed by atoms with Gasteiger partial charge in [0.2, 0.25) is 0 Å². The van der Waals surface area contributed by atoms with Gasteiger partial charge in [-0.1, -0.05) is 6.07 Å². The van der Waals surface area contributed by atoms with Crippen molar-refractivity contribution in [1.82, 2.24) is 0 Å². The van der Waals surface area contributed by atoms with Crippen LogP contribution in [0.5, 0.6) is 0 Å². The second-order valence-electron chi connectivity index (χ2n) is 3.16. The van der Waals surface area contributed by atoms with Crippen molar-refractivity contribution in [3.8, 4) is 0 Å². The molecule has 0 atom stereocenters.